The van der Waals surface area contributed by atoms with Crippen molar-refractivity contribution in [1.82, 2.24) is 9.80 Å². The van der Waals surface area contributed by atoms with Gasteiger partial charge in [-0.3, -0.25) is 14.5 Å². The number of benzene rings is 1. The predicted octanol–water partition coefficient (Wildman–Crippen LogP) is 1.60. The summed E-state index contributed by atoms with van der Waals surface area (Å²) in [6.07, 6.45) is 3.01. The summed E-state index contributed by atoms with van der Waals surface area (Å²) in [6.45, 7) is 3.38. The van der Waals surface area contributed by atoms with Gasteiger partial charge in [-0.05, 0) is 49.5 Å². The van der Waals surface area contributed by atoms with Crippen LogP contribution in [0.15, 0.2) is 24.3 Å². The largest absolute Gasteiger partial charge is 0.399 e. The van der Waals surface area contributed by atoms with E-state index >= 15 is 0 Å². The van der Waals surface area contributed by atoms with Crippen molar-refractivity contribution in [2.45, 2.75) is 31.6 Å². The second-order valence-electron chi connectivity index (χ2n) is 6.22. The number of imide groups is 1. The molecule has 2 saturated heterocycles. The summed E-state index contributed by atoms with van der Waals surface area (Å²) in [4.78, 5) is 27.0. The fraction of sp³-hybridized carbons (Fsp3) is 0.529. The molecule has 22 heavy (non-hydrogen) atoms. The number of hydrogen-bond donors (Lipinski definition) is 1. The lowest BCUT2D eigenvalue weighted by Gasteiger charge is -2.33. The highest BCUT2D eigenvalue weighted by Gasteiger charge is 2.29. The number of hydrogen-bond acceptors (Lipinski definition) is 4. The first kappa shape index (κ1) is 15.0. The van der Waals surface area contributed by atoms with Gasteiger partial charge in [0.1, 0.15) is 0 Å². The standard InChI is InChI=1S/C17H23N3O2/c18-15-3-1-13(2-4-15)14-7-9-19(10-8-14)11-12-20-16(21)5-6-17(20)22/h1-4,14H,5-12,18H2. The van der Waals surface area contributed by atoms with Crippen LogP contribution in [0, 0.1) is 0 Å². The van der Waals surface area contributed by atoms with Crippen molar-refractivity contribution in [3.05, 3.63) is 29.8 Å². The summed E-state index contributed by atoms with van der Waals surface area (Å²) in [5.41, 5.74) is 7.90. The molecule has 0 aliphatic carbocycles. The van der Waals surface area contributed by atoms with Crippen LogP contribution in [0.2, 0.25) is 0 Å². The lowest BCUT2D eigenvalue weighted by molar-refractivity contribution is -0.138. The Morgan fingerprint density at radius 3 is 2.14 bits per heavy atom. The molecular weight excluding hydrogens is 278 g/mol. The van der Waals surface area contributed by atoms with E-state index in [-0.39, 0.29) is 11.8 Å². The molecule has 0 radical (unpaired) electrons. The van der Waals surface area contributed by atoms with E-state index in [0.717, 1.165) is 38.2 Å². The second-order valence-corrected chi connectivity index (χ2v) is 6.22. The molecule has 0 bridgehead atoms. The first-order valence-electron chi connectivity index (χ1n) is 8.04. The molecule has 118 valence electrons. The van der Waals surface area contributed by atoms with E-state index in [2.05, 4.69) is 17.0 Å². The number of carbonyl (C=O) groups is 2. The number of rotatable bonds is 4. The van der Waals surface area contributed by atoms with Gasteiger partial charge in [-0.2, -0.15) is 0 Å². The second kappa shape index (κ2) is 6.48. The number of anilines is 1. The normalized spacial score (nSPS) is 20.8. The van der Waals surface area contributed by atoms with Crippen LogP contribution in [-0.2, 0) is 9.59 Å². The first-order chi connectivity index (χ1) is 10.6. The lowest BCUT2D eigenvalue weighted by atomic mass is 9.89. The number of nitrogen functional groups attached to an aromatic ring is 1. The maximum Gasteiger partial charge on any atom is 0.229 e. The van der Waals surface area contributed by atoms with Crippen molar-refractivity contribution in [2.24, 2.45) is 0 Å². The lowest BCUT2D eigenvalue weighted by Crippen LogP contribution is -2.41. The van der Waals surface area contributed by atoms with Gasteiger partial charge in [0.25, 0.3) is 0 Å². The molecule has 2 amide bonds. The molecule has 2 fully saturated rings. The van der Waals surface area contributed by atoms with Crippen LogP contribution >= 0.6 is 0 Å². The average Bonchev–Trinajstić information content (AvgIpc) is 2.85. The summed E-state index contributed by atoms with van der Waals surface area (Å²) in [7, 11) is 0. The highest BCUT2D eigenvalue weighted by Crippen LogP contribution is 2.28. The van der Waals surface area contributed by atoms with Gasteiger partial charge in [0, 0.05) is 31.6 Å². The monoisotopic (exact) mass is 301 g/mol. The molecule has 1 aromatic carbocycles. The SMILES string of the molecule is Nc1ccc(C2CCN(CCN3C(=O)CCC3=O)CC2)cc1. The van der Waals surface area contributed by atoms with E-state index in [1.807, 2.05) is 12.1 Å². The Kier molecular flexibility index (Phi) is 4.43. The average molecular weight is 301 g/mol. The highest BCUT2D eigenvalue weighted by atomic mass is 16.2. The molecule has 2 heterocycles. The number of nitrogens with two attached hydrogens (primary N) is 1. The molecule has 5 heteroatoms. The zero-order valence-corrected chi connectivity index (χ0v) is 12.8. The molecule has 2 N–H and O–H groups in total. The van der Waals surface area contributed by atoms with Crippen LogP contribution in [0.5, 0.6) is 0 Å². The summed E-state index contributed by atoms with van der Waals surface area (Å²) in [5.74, 6) is 0.565. The minimum atomic E-state index is -0.0123. The van der Waals surface area contributed by atoms with Crippen molar-refractivity contribution >= 4 is 17.5 Å². The summed E-state index contributed by atoms with van der Waals surface area (Å²) in [5, 5.41) is 0. The van der Waals surface area contributed by atoms with Gasteiger partial charge in [-0.15, -0.1) is 0 Å². The molecule has 3 rings (SSSR count). The number of carbonyl (C=O) groups excluding carboxylic acids is 2. The molecule has 0 aromatic heterocycles. The topological polar surface area (TPSA) is 66.6 Å². The molecule has 0 saturated carbocycles. The third-order valence-electron chi connectivity index (χ3n) is 4.79. The van der Waals surface area contributed by atoms with Crippen LogP contribution in [0.25, 0.3) is 0 Å². The minimum absolute atomic E-state index is 0.0123. The van der Waals surface area contributed by atoms with Crippen molar-refractivity contribution in [3.8, 4) is 0 Å². The van der Waals surface area contributed by atoms with Gasteiger partial charge in [-0.1, -0.05) is 12.1 Å². The third-order valence-corrected chi connectivity index (χ3v) is 4.79. The van der Waals surface area contributed by atoms with E-state index in [9.17, 15) is 9.59 Å². The van der Waals surface area contributed by atoms with E-state index in [1.54, 1.807) is 0 Å². The summed E-state index contributed by atoms with van der Waals surface area (Å²) in [6, 6.07) is 8.17. The van der Waals surface area contributed by atoms with Gasteiger partial charge in [0.05, 0.1) is 0 Å². The van der Waals surface area contributed by atoms with Crippen molar-refractivity contribution < 1.29 is 9.59 Å². The number of amides is 2. The van der Waals surface area contributed by atoms with Gasteiger partial charge in [0.15, 0.2) is 0 Å². The smallest absolute Gasteiger partial charge is 0.229 e. The van der Waals surface area contributed by atoms with E-state index in [0.29, 0.717) is 25.3 Å². The van der Waals surface area contributed by atoms with Crippen molar-refractivity contribution in [2.75, 3.05) is 31.9 Å². The molecule has 0 spiro atoms. The van der Waals surface area contributed by atoms with Crippen LogP contribution < -0.4 is 5.73 Å². The Morgan fingerprint density at radius 2 is 1.55 bits per heavy atom. The molecule has 5 nitrogen and oxygen atoms in total. The van der Waals surface area contributed by atoms with E-state index < -0.39 is 0 Å². The fourth-order valence-corrected chi connectivity index (χ4v) is 3.37. The third kappa shape index (κ3) is 3.30. The van der Waals surface area contributed by atoms with Crippen LogP contribution in [0.1, 0.15) is 37.2 Å². The fourth-order valence-electron chi connectivity index (χ4n) is 3.37. The van der Waals surface area contributed by atoms with Crippen LogP contribution in [0.4, 0.5) is 5.69 Å². The Labute approximate surface area is 131 Å². The molecule has 2 aliphatic heterocycles. The van der Waals surface area contributed by atoms with Crippen LogP contribution in [0.3, 0.4) is 0 Å². The van der Waals surface area contributed by atoms with Crippen molar-refractivity contribution in [1.29, 1.82) is 0 Å². The minimum Gasteiger partial charge on any atom is -0.399 e. The van der Waals surface area contributed by atoms with Crippen molar-refractivity contribution in [3.63, 3.8) is 0 Å². The van der Waals surface area contributed by atoms with E-state index in [1.165, 1.54) is 10.5 Å². The Bertz CT molecular complexity index is 532. The van der Waals surface area contributed by atoms with Gasteiger partial charge >= 0.3 is 0 Å². The number of likely N-dealkylation sites (tertiary alicyclic amines) is 2. The first-order valence-corrected chi connectivity index (χ1v) is 8.04. The molecule has 1 aromatic rings. The van der Waals surface area contributed by atoms with Crippen LogP contribution in [-0.4, -0.2) is 47.8 Å². The predicted molar refractivity (Wildman–Crippen MR) is 85.2 cm³/mol. The molecule has 0 atom stereocenters. The number of nitrogens with zero attached hydrogens (tertiary/aromatic N) is 2. The summed E-state index contributed by atoms with van der Waals surface area (Å²) >= 11 is 0. The zero-order valence-electron chi connectivity index (χ0n) is 12.8. The number of piperidine rings is 1. The zero-order chi connectivity index (χ0) is 15.5. The Morgan fingerprint density at radius 1 is 0.955 bits per heavy atom. The molecular formula is C17H23N3O2. The van der Waals surface area contributed by atoms with Gasteiger partial charge in [-0.25, -0.2) is 0 Å². The highest BCUT2D eigenvalue weighted by molar-refractivity contribution is 6.01. The maximum atomic E-state index is 11.6. The Balaban J connectivity index is 1.46. The summed E-state index contributed by atoms with van der Waals surface area (Å²) < 4.78 is 0. The quantitative estimate of drug-likeness (QED) is 0.677. The van der Waals surface area contributed by atoms with E-state index in [4.69, 9.17) is 5.73 Å². The van der Waals surface area contributed by atoms with Gasteiger partial charge < -0.3 is 10.6 Å². The molecule has 2 aliphatic rings. The maximum absolute atomic E-state index is 11.6. The van der Waals surface area contributed by atoms with Gasteiger partial charge in [0.2, 0.25) is 11.8 Å². The molecule has 0 unspecified atom stereocenters. The Hall–Kier alpha value is -1.88.